The van der Waals surface area contributed by atoms with Crippen molar-refractivity contribution >= 4 is 17.7 Å². The summed E-state index contributed by atoms with van der Waals surface area (Å²) in [7, 11) is 1.80. The first-order valence-electron chi connectivity index (χ1n) is 7.20. The Hall–Kier alpha value is -2.05. The van der Waals surface area contributed by atoms with E-state index in [0.29, 0.717) is 23.6 Å². The standard InChI is InChI=1S/C14H22N4O3/c1-9-12(13(15)21)14(17(2)16-9)18-7-3-4-10(8-18)5-6-11(19)20/h10H,3-8H2,1-2H3,(H2,15,21)(H,19,20). The summed E-state index contributed by atoms with van der Waals surface area (Å²) in [5.41, 5.74) is 6.57. The van der Waals surface area contributed by atoms with E-state index >= 15 is 0 Å². The van der Waals surface area contributed by atoms with E-state index in [-0.39, 0.29) is 6.42 Å². The monoisotopic (exact) mass is 294 g/mol. The van der Waals surface area contributed by atoms with E-state index in [1.165, 1.54) is 0 Å². The van der Waals surface area contributed by atoms with Gasteiger partial charge in [0, 0.05) is 26.6 Å². The van der Waals surface area contributed by atoms with Crippen LogP contribution in [0.3, 0.4) is 0 Å². The van der Waals surface area contributed by atoms with Crippen LogP contribution in [0.1, 0.15) is 41.7 Å². The summed E-state index contributed by atoms with van der Waals surface area (Å²) in [6.07, 6.45) is 2.85. The van der Waals surface area contributed by atoms with Gasteiger partial charge < -0.3 is 15.7 Å². The van der Waals surface area contributed by atoms with Crippen LogP contribution in [0, 0.1) is 12.8 Å². The SMILES string of the molecule is Cc1nn(C)c(N2CCCC(CCC(=O)O)C2)c1C(N)=O. The van der Waals surface area contributed by atoms with Gasteiger partial charge in [-0.2, -0.15) is 5.10 Å². The van der Waals surface area contributed by atoms with Crippen LogP contribution in [0.25, 0.3) is 0 Å². The van der Waals surface area contributed by atoms with Gasteiger partial charge in [-0.25, -0.2) is 0 Å². The second-order valence-corrected chi connectivity index (χ2v) is 5.66. The molecule has 0 spiro atoms. The molecule has 1 atom stereocenters. The first kappa shape index (κ1) is 15.3. The Morgan fingerprint density at radius 3 is 2.81 bits per heavy atom. The van der Waals surface area contributed by atoms with Gasteiger partial charge in [0.2, 0.25) is 0 Å². The first-order chi connectivity index (χ1) is 9.90. The van der Waals surface area contributed by atoms with Gasteiger partial charge in [0.15, 0.2) is 0 Å². The molecule has 1 aliphatic rings. The van der Waals surface area contributed by atoms with Crippen LogP contribution in [0.15, 0.2) is 0 Å². The number of carboxylic acids is 1. The minimum atomic E-state index is -0.763. The third-order valence-electron chi connectivity index (χ3n) is 4.02. The molecule has 21 heavy (non-hydrogen) atoms. The highest BCUT2D eigenvalue weighted by Gasteiger charge is 2.27. The van der Waals surface area contributed by atoms with E-state index in [0.717, 1.165) is 31.7 Å². The molecule has 0 aliphatic carbocycles. The maximum atomic E-state index is 11.7. The predicted molar refractivity (Wildman–Crippen MR) is 78.3 cm³/mol. The molecule has 7 nitrogen and oxygen atoms in total. The number of primary amides is 1. The van der Waals surface area contributed by atoms with Crippen LogP contribution in [0.4, 0.5) is 5.82 Å². The summed E-state index contributed by atoms with van der Waals surface area (Å²) in [5.74, 6) is -0.157. The number of rotatable bonds is 5. The van der Waals surface area contributed by atoms with E-state index in [9.17, 15) is 9.59 Å². The average Bonchev–Trinajstić information content (AvgIpc) is 2.71. The lowest BCUT2D eigenvalue weighted by Crippen LogP contribution is -2.38. The Bertz CT molecular complexity index is 553. The molecule has 1 fully saturated rings. The predicted octanol–water partition coefficient (Wildman–Crippen LogP) is 0.909. The summed E-state index contributed by atoms with van der Waals surface area (Å²) in [5, 5.41) is 13.1. The fraction of sp³-hybridized carbons (Fsp3) is 0.643. The average molecular weight is 294 g/mol. The molecule has 0 bridgehead atoms. The van der Waals surface area contributed by atoms with Gasteiger partial charge in [-0.15, -0.1) is 0 Å². The fourth-order valence-electron chi connectivity index (χ4n) is 3.12. The second-order valence-electron chi connectivity index (χ2n) is 5.66. The highest BCUT2D eigenvalue weighted by atomic mass is 16.4. The van der Waals surface area contributed by atoms with Crippen LogP contribution in [0.5, 0.6) is 0 Å². The van der Waals surface area contributed by atoms with Gasteiger partial charge in [-0.3, -0.25) is 14.3 Å². The van der Waals surface area contributed by atoms with E-state index < -0.39 is 11.9 Å². The van der Waals surface area contributed by atoms with Crippen LogP contribution in [-0.2, 0) is 11.8 Å². The normalized spacial score (nSPS) is 18.8. The molecule has 0 aromatic carbocycles. The van der Waals surface area contributed by atoms with E-state index in [2.05, 4.69) is 10.00 Å². The smallest absolute Gasteiger partial charge is 0.303 e. The zero-order chi connectivity index (χ0) is 15.6. The molecule has 7 heteroatoms. The number of amides is 1. The second kappa shape index (κ2) is 6.15. The number of carboxylic acid groups (broad SMARTS) is 1. The molecular formula is C14H22N4O3. The van der Waals surface area contributed by atoms with Crippen molar-refractivity contribution in [1.82, 2.24) is 9.78 Å². The number of hydrogen-bond acceptors (Lipinski definition) is 4. The number of carbonyl (C=O) groups is 2. The molecule has 2 heterocycles. The van der Waals surface area contributed by atoms with Gasteiger partial charge in [0.1, 0.15) is 11.4 Å². The van der Waals surface area contributed by atoms with Gasteiger partial charge in [0.25, 0.3) is 5.91 Å². The van der Waals surface area contributed by atoms with Crippen molar-refractivity contribution in [3.8, 4) is 0 Å². The summed E-state index contributed by atoms with van der Waals surface area (Å²) in [6.45, 7) is 3.35. The highest BCUT2D eigenvalue weighted by molar-refractivity contribution is 5.99. The van der Waals surface area contributed by atoms with Gasteiger partial charge in [-0.1, -0.05) is 0 Å². The number of aromatic nitrogens is 2. The van der Waals surface area contributed by atoms with Crippen molar-refractivity contribution < 1.29 is 14.7 Å². The van der Waals surface area contributed by atoms with Crippen LogP contribution in [0.2, 0.25) is 0 Å². The third kappa shape index (κ3) is 3.34. The zero-order valence-electron chi connectivity index (χ0n) is 12.5. The lowest BCUT2D eigenvalue weighted by atomic mass is 9.93. The molecular weight excluding hydrogens is 272 g/mol. The van der Waals surface area contributed by atoms with Crippen molar-refractivity contribution in [1.29, 1.82) is 0 Å². The first-order valence-corrected chi connectivity index (χ1v) is 7.20. The van der Waals surface area contributed by atoms with Gasteiger partial charge in [0.05, 0.1) is 5.69 Å². The van der Waals surface area contributed by atoms with Gasteiger partial charge >= 0.3 is 5.97 Å². The van der Waals surface area contributed by atoms with Crippen molar-refractivity contribution in [2.45, 2.75) is 32.6 Å². The highest BCUT2D eigenvalue weighted by Crippen LogP contribution is 2.29. The minimum Gasteiger partial charge on any atom is -0.481 e. The van der Waals surface area contributed by atoms with Crippen LogP contribution in [-0.4, -0.2) is 39.9 Å². The molecule has 3 N–H and O–H groups in total. The number of aryl methyl sites for hydroxylation is 2. The minimum absolute atomic E-state index is 0.186. The van der Waals surface area contributed by atoms with E-state index in [4.69, 9.17) is 10.8 Å². The summed E-state index contributed by atoms with van der Waals surface area (Å²) < 4.78 is 1.69. The lowest BCUT2D eigenvalue weighted by Gasteiger charge is -2.34. The van der Waals surface area contributed by atoms with Crippen molar-refractivity contribution in [3.63, 3.8) is 0 Å². The van der Waals surface area contributed by atoms with Crippen LogP contribution >= 0.6 is 0 Å². The quantitative estimate of drug-likeness (QED) is 0.840. The third-order valence-corrected chi connectivity index (χ3v) is 4.02. The van der Waals surface area contributed by atoms with Crippen LogP contribution < -0.4 is 10.6 Å². The summed E-state index contributed by atoms with van der Waals surface area (Å²) in [6, 6.07) is 0. The molecule has 0 saturated carbocycles. The number of carbonyl (C=O) groups excluding carboxylic acids is 1. The Kier molecular flexibility index (Phi) is 4.50. The summed E-state index contributed by atoms with van der Waals surface area (Å²) >= 11 is 0. The number of nitrogens with two attached hydrogens (primary N) is 1. The maximum absolute atomic E-state index is 11.7. The number of nitrogens with zero attached hydrogens (tertiary/aromatic N) is 3. The maximum Gasteiger partial charge on any atom is 0.303 e. The zero-order valence-corrected chi connectivity index (χ0v) is 12.5. The number of anilines is 1. The Balaban J connectivity index is 2.18. The van der Waals surface area contributed by atoms with E-state index in [1.54, 1.807) is 18.7 Å². The largest absolute Gasteiger partial charge is 0.481 e. The van der Waals surface area contributed by atoms with Gasteiger partial charge in [-0.05, 0) is 32.1 Å². The number of piperidine rings is 1. The number of aliphatic carboxylic acids is 1. The van der Waals surface area contributed by atoms with Crippen molar-refractivity contribution in [2.24, 2.45) is 18.7 Å². The van der Waals surface area contributed by atoms with E-state index in [1.807, 2.05) is 0 Å². The molecule has 1 amide bonds. The Morgan fingerprint density at radius 1 is 1.48 bits per heavy atom. The Labute approximate surface area is 123 Å². The summed E-state index contributed by atoms with van der Waals surface area (Å²) in [4.78, 5) is 24.5. The number of hydrogen-bond donors (Lipinski definition) is 2. The Morgan fingerprint density at radius 2 is 2.19 bits per heavy atom. The fourth-order valence-corrected chi connectivity index (χ4v) is 3.12. The molecule has 116 valence electrons. The molecule has 2 rings (SSSR count). The molecule has 1 aromatic rings. The molecule has 0 radical (unpaired) electrons. The van der Waals surface area contributed by atoms with Crippen molar-refractivity contribution in [3.05, 3.63) is 11.3 Å². The molecule has 1 aliphatic heterocycles. The lowest BCUT2D eigenvalue weighted by molar-refractivity contribution is -0.137. The molecule has 1 saturated heterocycles. The molecule has 1 aromatic heterocycles. The molecule has 1 unspecified atom stereocenters. The van der Waals surface area contributed by atoms with Crippen molar-refractivity contribution in [2.75, 3.05) is 18.0 Å². The topological polar surface area (TPSA) is 101 Å².